The standard InChI is InChI=1S/C23H29FN2O3/c1-16-19(6-5-18-4-3-11-26(23(16)18)12-13-29-2)15-25-20-9-7-17(21(24)14-20)8-10-22(27)28/h5-7,9,14,25H,3-4,8,10-13,15H2,1-2H3,(H,27,28). The second kappa shape index (κ2) is 9.74. The van der Waals surface area contributed by atoms with E-state index in [0.29, 0.717) is 24.4 Å². The first kappa shape index (κ1) is 21.1. The molecule has 0 unspecified atom stereocenters. The first-order chi connectivity index (χ1) is 14.0. The van der Waals surface area contributed by atoms with E-state index in [0.717, 1.165) is 25.9 Å². The van der Waals surface area contributed by atoms with Crippen LogP contribution < -0.4 is 10.2 Å². The zero-order chi connectivity index (χ0) is 20.8. The molecular formula is C23H29FN2O3. The van der Waals surface area contributed by atoms with Crippen molar-refractivity contribution >= 4 is 17.3 Å². The maximum atomic E-state index is 14.2. The number of carboxylic acid groups (broad SMARTS) is 1. The molecule has 3 rings (SSSR count). The molecule has 0 saturated carbocycles. The Hall–Kier alpha value is -2.60. The van der Waals surface area contributed by atoms with E-state index < -0.39 is 5.97 Å². The van der Waals surface area contributed by atoms with Gasteiger partial charge >= 0.3 is 5.97 Å². The second-order valence-corrected chi connectivity index (χ2v) is 7.49. The second-order valence-electron chi connectivity index (χ2n) is 7.49. The van der Waals surface area contributed by atoms with Crippen molar-refractivity contribution in [2.75, 3.05) is 37.0 Å². The molecule has 1 heterocycles. The van der Waals surface area contributed by atoms with Crippen molar-refractivity contribution in [3.8, 4) is 0 Å². The van der Waals surface area contributed by atoms with Gasteiger partial charge in [0.1, 0.15) is 5.82 Å². The Balaban J connectivity index is 1.71. The smallest absolute Gasteiger partial charge is 0.303 e. The lowest BCUT2D eigenvalue weighted by atomic mass is 9.94. The molecule has 2 aromatic carbocycles. The van der Waals surface area contributed by atoms with Gasteiger partial charge in [0.05, 0.1) is 6.61 Å². The van der Waals surface area contributed by atoms with Crippen molar-refractivity contribution in [3.63, 3.8) is 0 Å². The minimum atomic E-state index is -0.922. The molecule has 5 nitrogen and oxygen atoms in total. The highest BCUT2D eigenvalue weighted by atomic mass is 19.1. The minimum Gasteiger partial charge on any atom is -0.481 e. The summed E-state index contributed by atoms with van der Waals surface area (Å²) in [5.74, 6) is -1.29. The first-order valence-electron chi connectivity index (χ1n) is 10.1. The molecule has 0 fully saturated rings. The number of aryl methyl sites for hydroxylation is 2. The monoisotopic (exact) mass is 400 g/mol. The molecular weight excluding hydrogens is 371 g/mol. The minimum absolute atomic E-state index is 0.0718. The van der Waals surface area contributed by atoms with Gasteiger partial charge in [0.15, 0.2) is 0 Å². The van der Waals surface area contributed by atoms with Crippen LogP contribution in [0.2, 0.25) is 0 Å². The van der Waals surface area contributed by atoms with E-state index in [-0.39, 0.29) is 18.7 Å². The summed E-state index contributed by atoms with van der Waals surface area (Å²) in [7, 11) is 1.73. The molecule has 2 N–H and O–H groups in total. The van der Waals surface area contributed by atoms with Gasteiger partial charge in [-0.2, -0.15) is 0 Å². The third kappa shape index (κ3) is 5.26. The van der Waals surface area contributed by atoms with Crippen LogP contribution in [0, 0.1) is 12.7 Å². The van der Waals surface area contributed by atoms with Crippen molar-refractivity contribution < 1.29 is 19.0 Å². The van der Waals surface area contributed by atoms with Gasteiger partial charge in [0.2, 0.25) is 0 Å². The highest BCUT2D eigenvalue weighted by Crippen LogP contribution is 2.33. The largest absolute Gasteiger partial charge is 0.481 e. The molecule has 156 valence electrons. The Morgan fingerprint density at radius 3 is 2.79 bits per heavy atom. The highest BCUT2D eigenvalue weighted by molar-refractivity contribution is 5.67. The van der Waals surface area contributed by atoms with E-state index in [1.165, 1.54) is 28.4 Å². The van der Waals surface area contributed by atoms with Crippen LogP contribution in [0.5, 0.6) is 0 Å². The lowest BCUT2D eigenvalue weighted by Gasteiger charge is -2.33. The Morgan fingerprint density at radius 2 is 2.07 bits per heavy atom. The number of nitrogens with one attached hydrogen (secondary N) is 1. The van der Waals surface area contributed by atoms with Gasteiger partial charge in [0.25, 0.3) is 0 Å². The van der Waals surface area contributed by atoms with Gasteiger partial charge in [-0.15, -0.1) is 0 Å². The first-order valence-corrected chi connectivity index (χ1v) is 10.1. The number of methoxy groups -OCH3 is 1. The fourth-order valence-electron chi connectivity index (χ4n) is 3.93. The van der Waals surface area contributed by atoms with Crippen molar-refractivity contribution in [3.05, 3.63) is 58.4 Å². The Bertz CT molecular complexity index is 869. The van der Waals surface area contributed by atoms with Gasteiger partial charge in [-0.3, -0.25) is 4.79 Å². The van der Waals surface area contributed by atoms with Gasteiger partial charge in [0, 0.05) is 44.5 Å². The topological polar surface area (TPSA) is 61.8 Å². The summed E-state index contributed by atoms with van der Waals surface area (Å²) < 4.78 is 19.5. The number of rotatable bonds is 9. The highest BCUT2D eigenvalue weighted by Gasteiger charge is 2.20. The van der Waals surface area contributed by atoms with Crippen LogP contribution in [0.3, 0.4) is 0 Å². The SMILES string of the molecule is COCCN1CCCc2ccc(CNc3ccc(CCC(=O)O)c(F)c3)c(C)c21. The van der Waals surface area contributed by atoms with Crippen LogP contribution in [0.15, 0.2) is 30.3 Å². The Kier molecular flexibility index (Phi) is 7.09. The van der Waals surface area contributed by atoms with Crippen LogP contribution >= 0.6 is 0 Å². The number of halogens is 1. The lowest BCUT2D eigenvalue weighted by molar-refractivity contribution is -0.136. The third-order valence-electron chi connectivity index (χ3n) is 5.53. The number of carboxylic acids is 1. The Labute approximate surface area is 171 Å². The van der Waals surface area contributed by atoms with Gasteiger partial charge in [-0.1, -0.05) is 18.2 Å². The molecule has 0 amide bonds. The molecule has 0 atom stereocenters. The summed E-state index contributed by atoms with van der Waals surface area (Å²) in [5.41, 5.74) is 6.24. The third-order valence-corrected chi connectivity index (χ3v) is 5.53. The molecule has 0 aromatic heterocycles. The number of benzene rings is 2. The average Bonchev–Trinajstić information content (AvgIpc) is 2.70. The molecule has 0 radical (unpaired) electrons. The van der Waals surface area contributed by atoms with E-state index >= 15 is 0 Å². The summed E-state index contributed by atoms with van der Waals surface area (Å²) in [6.45, 7) is 5.37. The fraction of sp³-hybridized carbons (Fsp3) is 0.435. The predicted octanol–water partition coefficient (Wildman–Crippen LogP) is 4.16. The van der Waals surface area contributed by atoms with Gasteiger partial charge in [-0.25, -0.2) is 4.39 Å². The van der Waals surface area contributed by atoms with E-state index in [4.69, 9.17) is 9.84 Å². The number of ether oxygens (including phenoxy) is 1. The van der Waals surface area contributed by atoms with E-state index in [9.17, 15) is 9.18 Å². The van der Waals surface area contributed by atoms with Gasteiger partial charge in [-0.05, 0) is 60.6 Å². The molecule has 1 aliphatic heterocycles. The van der Waals surface area contributed by atoms with E-state index in [1.807, 2.05) is 0 Å². The molecule has 0 bridgehead atoms. The number of aliphatic carboxylic acids is 1. The summed E-state index contributed by atoms with van der Waals surface area (Å²) in [6, 6.07) is 9.26. The molecule has 0 aliphatic carbocycles. The molecule has 1 aliphatic rings. The van der Waals surface area contributed by atoms with Crippen molar-refractivity contribution in [1.29, 1.82) is 0 Å². The quantitative estimate of drug-likeness (QED) is 0.662. The fourth-order valence-corrected chi connectivity index (χ4v) is 3.93. The molecule has 0 spiro atoms. The number of hydrogen-bond donors (Lipinski definition) is 2. The summed E-state index contributed by atoms with van der Waals surface area (Å²) >= 11 is 0. The maximum Gasteiger partial charge on any atom is 0.303 e. The predicted molar refractivity (Wildman–Crippen MR) is 113 cm³/mol. The maximum absolute atomic E-state index is 14.2. The average molecular weight is 400 g/mol. The van der Waals surface area contributed by atoms with E-state index in [2.05, 4.69) is 29.3 Å². The van der Waals surface area contributed by atoms with E-state index in [1.54, 1.807) is 19.2 Å². The number of fused-ring (bicyclic) bond motifs is 1. The molecule has 6 heteroatoms. The molecule has 0 saturated heterocycles. The van der Waals surface area contributed by atoms with Crippen LogP contribution in [0.25, 0.3) is 0 Å². The number of hydrogen-bond acceptors (Lipinski definition) is 4. The summed E-state index contributed by atoms with van der Waals surface area (Å²) in [5, 5.41) is 12.1. The molecule has 2 aromatic rings. The molecule has 29 heavy (non-hydrogen) atoms. The normalized spacial score (nSPS) is 13.3. The van der Waals surface area contributed by atoms with Crippen LogP contribution in [0.4, 0.5) is 15.8 Å². The van der Waals surface area contributed by atoms with Gasteiger partial charge < -0.3 is 20.1 Å². The van der Waals surface area contributed by atoms with Crippen molar-refractivity contribution in [2.45, 2.75) is 39.2 Å². The lowest BCUT2D eigenvalue weighted by Crippen LogP contribution is -2.33. The summed E-state index contributed by atoms with van der Waals surface area (Å²) in [4.78, 5) is 13.1. The number of anilines is 2. The van der Waals surface area contributed by atoms with Crippen LogP contribution in [-0.4, -0.2) is 37.9 Å². The number of carbonyl (C=O) groups is 1. The van der Waals surface area contributed by atoms with Crippen LogP contribution in [-0.2, 0) is 28.9 Å². The van der Waals surface area contributed by atoms with Crippen LogP contribution in [0.1, 0.15) is 35.1 Å². The van der Waals surface area contributed by atoms with Crippen molar-refractivity contribution in [2.24, 2.45) is 0 Å². The van der Waals surface area contributed by atoms with Crippen molar-refractivity contribution in [1.82, 2.24) is 0 Å². The number of nitrogens with zero attached hydrogens (tertiary/aromatic N) is 1. The zero-order valence-electron chi connectivity index (χ0n) is 17.1. The Morgan fingerprint density at radius 1 is 1.28 bits per heavy atom. The zero-order valence-corrected chi connectivity index (χ0v) is 17.1. The summed E-state index contributed by atoms with van der Waals surface area (Å²) in [6.07, 6.45) is 2.37.